The summed E-state index contributed by atoms with van der Waals surface area (Å²) in [6.45, 7) is 2.97. The van der Waals surface area contributed by atoms with Gasteiger partial charge in [0.1, 0.15) is 5.41 Å². The third-order valence-electron chi connectivity index (χ3n) is 4.97. The lowest BCUT2D eigenvalue weighted by Gasteiger charge is -2.32. The molecule has 5 heteroatoms. The third-order valence-corrected chi connectivity index (χ3v) is 4.97. The highest BCUT2D eigenvalue weighted by atomic mass is 16.5. The molecule has 114 valence electrons. The summed E-state index contributed by atoms with van der Waals surface area (Å²) in [6, 6.07) is 7.66. The molecule has 3 aliphatic rings. The van der Waals surface area contributed by atoms with Gasteiger partial charge in [0.2, 0.25) is 5.91 Å². The lowest BCUT2D eigenvalue weighted by Crippen LogP contribution is -2.48. The minimum atomic E-state index is -0.917. The van der Waals surface area contributed by atoms with E-state index in [9.17, 15) is 9.59 Å². The van der Waals surface area contributed by atoms with Crippen LogP contribution in [0.5, 0.6) is 0 Å². The Morgan fingerprint density at radius 2 is 2.27 bits per heavy atom. The second kappa shape index (κ2) is 4.60. The molecule has 5 nitrogen and oxygen atoms in total. The number of hydrogen-bond acceptors (Lipinski definition) is 4. The quantitative estimate of drug-likeness (QED) is 0.846. The van der Waals surface area contributed by atoms with E-state index < -0.39 is 5.41 Å². The zero-order chi connectivity index (χ0) is 15.3. The zero-order valence-electron chi connectivity index (χ0n) is 12.5. The van der Waals surface area contributed by atoms with E-state index in [1.807, 2.05) is 30.5 Å². The van der Waals surface area contributed by atoms with Crippen molar-refractivity contribution < 1.29 is 14.3 Å². The topological polar surface area (TPSA) is 58.6 Å². The molecular formula is C17H18N2O3. The maximum atomic E-state index is 12.9. The number of hydrogen-bond donors (Lipinski definition) is 1. The highest BCUT2D eigenvalue weighted by Crippen LogP contribution is 2.53. The third kappa shape index (κ3) is 1.48. The van der Waals surface area contributed by atoms with Crippen molar-refractivity contribution in [3.8, 4) is 0 Å². The second-order valence-electron chi connectivity index (χ2n) is 5.97. The van der Waals surface area contributed by atoms with Gasteiger partial charge >= 0.3 is 5.97 Å². The number of esters is 1. The first-order valence-corrected chi connectivity index (χ1v) is 7.75. The van der Waals surface area contributed by atoms with Gasteiger partial charge < -0.3 is 15.0 Å². The van der Waals surface area contributed by atoms with Crippen LogP contribution in [0.4, 0.5) is 5.69 Å². The molecule has 2 unspecified atom stereocenters. The molecule has 0 radical (unpaired) electrons. The Morgan fingerprint density at radius 1 is 1.45 bits per heavy atom. The Morgan fingerprint density at radius 3 is 3.09 bits per heavy atom. The molecule has 1 spiro atoms. The van der Waals surface area contributed by atoms with Crippen LogP contribution in [0.25, 0.3) is 0 Å². The average Bonchev–Trinajstić information content (AvgIpc) is 3.15. The summed E-state index contributed by atoms with van der Waals surface area (Å²) in [7, 11) is 0. The summed E-state index contributed by atoms with van der Waals surface area (Å²) in [6.07, 6.45) is 3.78. The van der Waals surface area contributed by atoms with Crippen LogP contribution < -0.4 is 5.32 Å². The molecule has 1 N–H and O–H groups in total. The number of carbonyl (C=O) groups is 2. The molecule has 3 aliphatic heterocycles. The number of nitrogens with one attached hydrogen (secondary N) is 1. The number of fused-ring (bicyclic) bond motifs is 4. The standard InChI is InChI=1S/C17H18N2O3/c1-2-22-15(20)12-10-19-9-5-8-14(19)17(12)11-6-3-4-7-13(11)18-16(17)21/h3-4,6-7,10,14H,2,5,8-9H2,1H3,(H,18,21). The van der Waals surface area contributed by atoms with Gasteiger partial charge in [-0.3, -0.25) is 4.79 Å². The van der Waals surface area contributed by atoms with Crippen LogP contribution in [0.2, 0.25) is 0 Å². The van der Waals surface area contributed by atoms with Crippen LogP contribution in [-0.4, -0.2) is 36.0 Å². The molecule has 4 rings (SSSR count). The highest BCUT2D eigenvalue weighted by molar-refractivity contribution is 6.15. The predicted molar refractivity (Wildman–Crippen MR) is 81.2 cm³/mol. The summed E-state index contributed by atoms with van der Waals surface area (Å²) in [5, 5.41) is 2.96. The Kier molecular flexibility index (Phi) is 2.79. The van der Waals surface area contributed by atoms with Gasteiger partial charge in [0.15, 0.2) is 0 Å². The molecule has 1 fully saturated rings. The van der Waals surface area contributed by atoms with E-state index >= 15 is 0 Å². The van der Waals surface area contributed by atoms with Crippen LogP contribution in [0, 0.1) is 0 Å². The molecule has 22 heavy (non-hydrogen) atoms. The second-order valence-corrected chi connectivity index (χ2v) is 5.97. The number of carbonyl (C=O) groups excluding carboxylic acids is 2. The number of anilines is 1. The summed E-state index contributed by atoms with van der Waals surface area (Å²) in [5.41, 5.74) is 1.26. The Hall–Kier alpha value is -2.30. The van der Waals surface area contributed by atoms with Crippen LogP contribution in [0.1, 0.15) is 25.3 Å². The van der Waals surface area contributed by atoms with Crippen LogP contribution >= 0.6 is 0 Å². The zero-order valence-corrected chi connectivity index (χ0v) is 12.5. The van der Waals surface area contributed by atoms with E-state index in [2.05, 4.69) is 10.2 Å². The van der Waals surface area contributed by atoms with E-state index in [0.717, 1.165) is 30.6 Å². The van der Waals surface area contributed by atoms with Crippen molar-refractivity contribution in [2.24, 2.45) is 0 Å². The number of rotatable bonds is 2. The van der Waals surface area contributed by atoms with Crippen molar-refractivity contribution in [2.75, 3.05) is 18.5 Å². The van der Waals surface area contributed by atoms with E-state index in [4.69, 9.17) is 4.74 Å². The fourth-order valence-electron chi connectivity index (χ4n) is 4.16. The minimum absolute atomic E-state index is 0.00977. The molecule has 0 aliphatic carbocycles. The highest BCUT2D eigenvalue weighted by Gasteiger charge is 2.62. The smallest absolute Gasteiger partial charge is 0.337 e. The van der Waals surface area contributed by atoms with Crippen molar-refractivity contribution in [1.29, 1.82) is 0 Å². The van der Waals surface area contributed by atoms with Crippen molar-refractivity contribution in [2.45, 2.75) is 31.2 Å². The van der Waals surface area contributed by atoms with E-state index in [0.29, 0.717) is 12.2 Å². The van der Waals surface area contributed by atoms with E-state index in [1.165, 1.54) is 0 Å². The summed E-state index contributed by atoms with van der Waals surface area (Å²) < 4.78 is 5.23. The SMILES string of the molecule is CCOC(=O)C1=CN2CCCC2C12C(=O)Nc1ccccc12. The summed E-state index contributed by atoms with van der Waals surface area (Å²) >= 11 is 0. The Labute approximate surface area is 128 Å². The summed E-state index contributed by atoms with van der Waals surface area (Å²) in [4.78, 5) is 27.6. The molecule has 3 heterocycles. The maximum Gasteiger partial charge on any atom is 0.337 e. The van der Waals surface area contributed by atoms with Crippen LogP contribution in [0.3, 0.4) is 0 Å². The average molecular weight is 298 g/mol. The fraction of sp³-hybridized carbons (Fsp3) is 0.412. The molecule has 1 aromatic carbocycles. The number of benzene rings is 1. The molecule has 0 saturated carbocycles. The molecule has 0 aromatic heterocycles. The first-order chi connectivity index (χ1) is 10.7. The predicted octanol–water partition coefficient (Wildman–Crippen LogP) is 1.80. The normalized spacial score (nSPS) is 28.4. The summed E-state index contributed by atoms with van der Waals surface area (Å²) in [5.74, 6) is -0.494. The van der Waals surface area contributed by atoms with Gasteiger partial charge in [-0.25, -0.2) is 4.79 Å². The first-order valence-electron chi connectivity index (χ1n) is 7.75. The van der Waals surface area contributed by atoms with Crippen LogP contribution in [0.15, 0.2) is 36.0 Å². The number of para-hydroxylation sites is 1. The van der Waals surface area contributed by atoms with Crippen molar-refractivity contribution in [1.82, 2.24) is 4.90 Å². The molecule has 1 aromatic rings. The molecule has 1 saturated heterocycles. The van der Waals surface area contributed by atoms with Gasteiger partial charge in [-0.2, -0.15) is 0 Å². The van der Waals surface area contributed by atoms with Gasteiger partial charge in [-0.1, -0.05) is 18.2 Å². The van der Waals surface area contributed by atoms with E-state index in [-0.39, 0.29) is 17.9 Å². The number of ether oxygens (including phenoxy) is 1. The van der Waals surface area contributed by atoms with Gasteiger partial charge in [0.25, 0.3) is 0 Å². The van der Waals surface area contributed by atoms with Crippen LogP contribution in [-0.2, 0) is 19.7 Å². The molecular weight excluding hydrogens is 280 g/mol. The first kappa shape index (κ1) is 13.4. The lowest BCUT2D eigenvalue weighted by atomic mass is 9.70. The molecule has 2 atom stereocenters. The Bertz CT molecular complexity index is 697. The van der Waals surface area contributed by atoms with Crippen molar-refractivity contribution in [3.63, 3.8) is 0 Å². The fourth-order valence-corrected chi connectivity index (χ4v) is 4.16. The molecule has 0 bridgehead atoms. The van der Waals surface area contributed by atoms with Gasteiger partial charge in [-0.15, -0.1) is 0 Å². The van der Waals surface area contributed by atoms with Gasteiger partial charge in [0.05, 0.1) is 18.2 Å². The monoisotopic (exact) mass is 298 g/mol. The maximum absolute atomic E-state index is 12.9. The van der Waals surface area contributed by atoms with Crippen molar-refractivity contribution >= 4 is 17.6 Å². The minimum Gasteiger partial charge on any atom is -0.463 e. The van der Waals surface area contributed by atoms with Gasteiger partial charge in [0, 0.05) is 18.4 Å². The van der Waals surface area contributed by atoms with Gasteiger partial charge in [-0.05, 0) is 31.4 Å². The largest absolute Gasteiger partial charge is 0.463 e. The van der Waals surface area contributed by atoms with Crippen molar-refractivity contribution in [3.05, 3.63) is 41.6 Å². The number of amides is 1. The Balaban J connectivity index is 1.92. The number of nitrogens with zero attached hydrogens (tertiary/aromatic N) is 1. The van der Waals surface area contributed by atoms with E-state index in [1.54, 1.807) is 6.92 Å². The lowest BCUT2D eigenvalue weighted by molar-refractivity contribution is -0.140. The molecule has 1 amide bonds.